The molecule has 0 atom stereocenters. The average molecular weight is 194 g/mol. The van der Waals surface area contributed by atoms with Gasteiger partial charge in [0.25, 0.3) is 5.91 Å². The second-order valence-electron chi connectivity index (χ2n) is 2.40. The fourth-order valence-corrected chi connectivity index (χ4v) is 1.55. The van der Waals surface area contributed by atoms with Crippen LogP contribution in [-0.4, -0.2) is 17.1 Å². The number of nitrogens with one attached hydrogen (secondary N) is 1. The van der Waals surface area contributed by atoms with Gasteiger partial charge in [-0.25, -0.2) is 10.4 Å². The highest BCUT2D eigenvalue weighted by Crippen LogP contribution is 2.17. The van der Waals surface area contributed by atoms with Crippen LogP contribution in [0.5, 0.6) is 0 Å². The first-order valence-electron chi connectivity index (χ1n) is 3.52. The van der Waals surface area contributed by atoms with Crippen molar-refractivity contribution in [2.24, 2.45) is 5.10 Å². The minimum atomic E-state index is -0.202. The number of amides is 1. The Morgan fingerprint density at radius 1 is 1.62 bits per heavy atom. The predicted octanol–water partition coefficient (Wildman–Crippen LogP) is 0.224. The van der Waals surface area contributed by atoms with Gasteiger partial charge >= 0.3 is 0 Å². The summed E-state index contributed by atoms with van der Waals surface area (Å²) in [5.41, 5.74) is 8.26. The fraction of sp³-hybridized carbons (Fsp3) is 0. The van der Waals surface area contributed by atoms with Crippen molar-refractivity contribution in [3.63, 3.8) is 0 Å². The molecule has 0 aliphatic carbocycles. The van der Waals surface area contributed by atoms with E-state index >= 15 is 0 Å². The number of hydrogen-bond donors (Lipinski definition) is 2. The summed E-state index contributed by atoms with van der Waals surface area (Å²) in [6.45, 7) is 0. The number of nitrogens with zero attached hydrogens (tertiary/aromatic N) is 2. The normalized spacial score (nSPS) is 18.2. The van der Waals surface area contributed by atoms with Gasteiger partial charge in [-0.05, 0) is 6.08 Å². The van der Waals surface area contributed by atoms with Gasteiger partial charge in [-0.3, -0.25) is 4.79 Å². The minimum absolute atomic E-state index is 0.202. The van der Waals surface area contributed by atoms with Crippen LogP contribution in [0, 0.1) is 0 Å². The molecule has 66 valence electrons. The molecule has 0 saturated carbocycles. The summed E-state index contributed by atoms with van der Waals surface area (Å²) in [7, 11) is 0. The van der Waals surface area contributed by atoms with Crippen LogP contribution < -0.4 is 11.2 Å². The van der Waals surface area contributed by atoms with Crippen LogP contribution in [0.25, 0.3) is 6.08 Å². The number of aromatic nitrogens is 1. The van der Waals surface area contributed by atoms with Crippen LogP contribution in [0.1, 0.15) is 4.88 Å². The van der Waals surface area contributed by atoms with E-state index in [0.29, 0.717) is 10.7 Å². The monoisotopic (exact) mass is 194 g/mol. The van der Waals surface area contributed by atoms with Gasteiger partial charge < -0.3 is 5.73 Å². The lowest BCUT2D eigenvalue weighted by Gasteiger charge is -1.87. The van der Waals surface area contributed by atoms with Crippen LogP contribution >= 0.6 is 11.3 Å². The minimum Gasteiger partial charge on any atom is -0.375 e. The largest absolute Gasteiger partial charge is 0.375 e. The molecule has 1 amide bonds. The molecular formula is C7H6N4OS. The molecule has 0 spiro atoms. The van der Waals surface area contributed by atoms with Crippen LogP contribution in [0.3, 0.4) is 0 Å². The number of rotatable bonds is 1. The van der Waals surface area contributed by atoms with Crippen LogP contribution in [0.2, 0.25) is 0 Å². The van der Waals surface area contributed by atoms with E-state index in [-0.39, 0.29) is 5.91 Å². The molecule has 0 fully saturated rings. The van der Waals surface area contributed by atoms with Crippen LogP contribution in [0.4, 0.5) is 5.13 Å². The quantitative estimate of drug-likeness (QED) is 0.628. The number of hydrogen-bond acceptors (Lipinski definition) is 5. The van der Waals surface area contributed by atoms with E-state index in [9.17, 15) is 4.79 Å². The second-order valence-corrected chi connectivity index (χ2v) is 3.49. The van der Waals surface area contributed by atoms with E-state index in [1.165, 1.54) is 17.6 Å². The van der Waals surface area contributed by atoms with Crippen molar-refractivity contribution in [2.75, 3.05) is 5.73 Å². The Balaban J connectivity index is 2.29. The van der Waals surface area contributed by atoms with Gasteiger partial charge in [0, 0.05) is 11.1 Å². The van der Waals surface area contributed by atoms with Crippen molar-refractivity contribution in [2.45, 2.75) is 0 Å². The molecule has 2 heterocycles. The predicted molar refractivity (Wildman–Crippen MR) is 51.1 cm³/mol. The number of thiazole rings is 1. The molecule has 6 heteroatoms. The topological polar surface area (TPSA) is 80.4 Å². The van der Waals surface area contributed by atoms with Crippen molar-refractivity contribution in [1.82, 2.24) is 10.4 Å². The third-order valence-corrected chi connectivity index (χ3v) is 2.24. The zero-order valence-electron chi connectivity index (χ0n) is 6.52. The Bertz CT molecular complexity index is 406. The summed E-state index contributed by atoms with van der Waals surface area (Å²) in [6, 6.07) is 0. The molecule has 3 N–H and O–H groups in total. The number of nitrogen functional groups attached to an aromatic ring is 1. The molecule has 0 saturated heterocycles. The third kappa shape index (κ3) is 1.57. The smallest absolute Gasteiger partial charge is 0.273 e. The van der Waals surface area contributed by atoms with E-state index in [2.05, 4.69) is 15.5 Å². The summed E-state index contributed by atoms with van der Waals surface area (Å²) < 4.78 is 0. The maximum atomic E-state index is 11.0. The van der Waals surface area contributed by atoms with E-state index in [4.69, 9.17) is 5.73 Å². The van der Waals surface area contributed by atoms with E-state index in [1.54, 1.807) is 12.3 Å². The fourth-order valence-electron chi connectivity index (χ4n) is 0.907. The number of nitrogens with two attached hydrogens (primary N) is 1. The lowest BCUT2D eigenvalue weighted by atomic mass is 10.2. The molecule has 0 unspecified atom stereocenters. The Morgan fingerprint density at radius 2 is 2.46 bits per heavy atom. The molecule has 0 bridgehead atoms. The van der Waals surface area contributed by atoms with E-state index < -0.39 is 0 Å². The third-order valence-electron chi connectivity index (χ3n) is 1.47. The zero-order valence-corrected chi connectivity index (χ0v) is 7.34. The van der Waals surface area contributed by atoms with Gasteiger partial charge in [-0.2, -0.15) is 5.10 Å². The molecule has 5 nitrogen and oxygen atoms in total. The average Bonchev–Trinajstić information content (AvgIpc) is 2.64. The maximum absolute atomic E-state index is 11.0. The van der Waals surface area contributed by atoms with Crippen LogP contribution in [0.15, 0.2) is 16.9 Å². The first kappa shape index (κ1) is 7.93. The lowest BCUT2D eigenvalue weighted by molar-refractivity contribution is -0.116. The molecule has 1 aromatic heterocycles. The van der Waals surface area contributed by atoms with E-state index in [1.807, 2.05) is 0 Å². The summed E-state index contributed by atoms with van der Waals surface area (Å²) in [4.78, 5) is 15.7. The molecule has 0 aromatic carbocycles. The summed E-state index contributed by atoms with van der Waals surface area (Å²) in [5.74, 6) is -0.202. The van der Waals surface area contributed by atoms with Crippen molar-refractivity contribution in [1.29, 1.82) is 0 Å². The summed E-state index contributed by atoms with van der Waals surface area (Å²) in [5, 5.41) is 4.10. The van der Waals surface area contributed by atoms with Crippen molar-refractivity contribution in [3.8, 4) is 0 Å². The highest BCUT2D eigenvalue weighted by molar-refractivity contribution is 7.16. The molecule has 13 heavy (non-hydrogen) atoms. The van der Waals surface area contributed by atoms with Gasteiger partial charge in [-0.15, -0.1) is 0 Å². The number of hydrazone groups is 1. The second kappa shape index (κ2) is 2.98. The first-order chi connectivity index (χ1) is 6.25. The molecular weight excluding hydrogens is 188 g/mol. The first-order valence-corrected chi connectivity index (χ1v) is 4.34. The molecule has 0 radical (unpaired) electrons. The Morgan fingerprint density at radius 3 is 3.00 bits per heavy atom. The van der Waals surface area contributed by atoms with Gasteiger partial charge in [0.05, 0.1) is 11.8 Å². The SMILES string of the molecule is Nc1ncc(C=C2C=NNC2=O)s1. The molecule has 1 aromatic rings. The van der Waals surface area contributed by atoms with Gasteiger partial charge in [0.2, 0.25) is 0 Å². The van der Waals surface area contributed by atoms with Gasteiger partial charge in [-0.1, -0.05) is 11.3 Å². The van der Waals surface area contributed by atoms with Gasteiger partial charge in [0.1, 0.15) is 0 Å². The van der Waals surface area contributed by atoms with E-state index in [0.717, 1.165) is 4.88 Å². The Hall–Kier alpha value is -1.69. The standard InChI is InChI=1S/C7H6N4OS/c8-7-9-3-5(13-7)1-4-2-10-11-6(4)12/h1-3H,(H2,8,9)(H,11,12). The highest BCUT2D eigenvalue weighted by Gasteiger charge is 2.11. The zero-order chi connectivity index (χ0) is 9.26. The summed E-state index contributed by atoms with van der Waals surface area (Å²) >= 11 is 1.33. The van der Waals surface area contributed by atoms with Crippen molar-refractivity contribution >= 4 is 34.7 Å². The maximum Gasteiger partial charge on any atom is 0.273 e. The highest BCUT2D eigenvalue weighted by atomic mass is 32.1. The molecule has 1 aliphatic rings. The molecule has 2 rings (SSSR count). The number of anilines is 1. The van der Waals surface area contributed by atoms with Crippen molar-refractivity contribution in [3.05, 3.63) is 16.6 Å². The number of carbonyl (C=O) groups is 1. The molecule has 1 aliphatic heterocycles. The lowest BCUT2D eigenvalue weighted by Crippen LogP contribution is -2.11. The van der Waals surface area contributed by atoms with Crippen LogP contribution in [-0.2, 0) is 4.79 Å². The van der Waals surface area contributed by atoms with Crippen molar-refractivity contribution < 1.29 is 4.79 Å². The van der Waals surface area contributed by atoms with Gasteiger partial charge in [0.15, 0.2) is 5.13 Å². The number of carbonyl (C=O) groups excluding carboxylic acids is 1. The Labute approximate surface area is 78.0 Å². The summed E-state index contributed by atoms with van der Waals surface area (Å²) in [6.07, 6.45) is 4.78. The Kier molecular flexibility index (Phi) is 1.82.